The van der Waals surface area contributed by atoms with Crippen molar-refractivity contribution in [1.29, 1.82) is 0 Å². The van der Waals surface area contributed by atoms with Crippen LogP contribution in [0.5, 0.6) is 5.75 Å². The largest absolute Gasteiger partial charge is 0.497 e. The lowest BCUT2D eigenvalue weighted by Crippen LogP contribution is -2.42. The molecule has 1 aromatic rings. The number of ether oxygens (including phenoxy) is 1. The Labute approximate surface area is 138 Å². The molecule has 0 heterocycles. The number of hydrogen-bond acceptors (Lipinski definition) is 3. The highest BCUT2D eigenvalue weighted by Crippen LogP contribution is 2.23. The minimum atomic E-state index is -0.0231. The first-order valence-electron chi connectivity index (χ1n) is 8.27. The van der Waals surface area contributed by atoms with Gasteiger partial charge in [0.2, 0.25) is 11.8 Å². The van der Waals surface area contributed by atoms with Crippen LogP contribution in [-0.4, -0.2) is 43.0 Å². The molecule has 1 aromatic carbocycles. The lowest BCUT2D eigenvalue weighted by molar-refractivity contribution is -0.131. The van der Waals surface area contributed by atoms with Crippen LogP contribution in [0.15, 0.2) is 24.3 Å². The number of nitrogens with zero attached hydrogens (tertiary/aromatic N) is 1. The first kappa shape index (κ1) is 17.3. The zero-order chi connectivity index (χ0) is 16.7. The van der Waals surface area contributed by atoms with Crippen molar-refractivity contribution in [2.45, 2.75) is 45.1 Å². The fourth-order valence-electron chi connectivity index (χ4n) is 3.12. The molecule has 0 spiro atoms. The fourth-order valence-corrected chi connectivity index (χ4v) is 3.12. The van der Waals surface area contributed by atoms with Crippen LogP contribution >= 0.6 is 0 Å². The van der Waals surface area contributed by atoms with E-state index >= 15 is 0 Å². The van der Waals surface area contributed by atoms with Gasteiger partial charge in [0.1, 0.15) is 5.75 Å². The predicted octanol–water partition coefficient (Wildman–Crippen LogP) is 2.14. The van der Waals surface area contributed by atoms with E-state index in [9.17, 15) is 9.59 Å². The molecule has 0 saturated heterocycles. The Morgan fingerprint density at radius 2 is 1.87 bits per heavy atom. The van der Waals surface area contributed by atoms with Gasteiger partial charge in [-0.1, -0.05) is 25.0 Å². The maximum Gasteiger partial charge on any atom is 0.224 e. The number of rotatable bonds is 7. The standard InChI is InChI=1S/C18H26N2O3/c1-14(21)20(16-5-3-4-6-16)12-11-19-18(22)13-15-7-9-17(23-2)10-8-15/h7-10,16H,3-6,11-13H2,1-2H3,(H,19,22). The summed E-state index contributed by atoms with van der Waals surface area (Å²) in [6.07, 6.45) is 4.89. The van der Waals surface area contributed by atoms with E-state index in [0.29, 0.717) is 25.6 Å². The third-order valence-corrected chi connectivity index (χ3v) is 4.37. The lowest BCUT2D eigenvalue weighted by atomic mass is 10.1. The monoisotopic (exact) mass is 318 g/mol. The molecule has 2 amide bonds. The van der Waals surface area contributed by atoms with Gasteiger partial charge in [0.25, 0.3) is 0 Å². The summed E-state index contributed by atoms with van der Waals surface area (Å²) in [4.78, 5) is 25.7. The van der Waals surface area contributed by atoms with Gasteiger partial charge < -0.3 is 15.0 Å². The smallest absolute Gasteiger partial charge is 0.224 e. The van der Waals surface area contributed by atoms with E-state index in [1.54, 1.807) is 14.0 Å². The van der Waals surface area contributed by atoms with Crippen molar-refractivity contribution >= 4 is 11.8 Å². The second-order valence-electron chi connectivity index (χ2n) is 6.03. The van der Waals surface area contributed by atoms with E-state index in [4.69, 9.17) is 4.74 Å². The highest BCUT2D eigenvalue weighted by molar-refractivity contribution is 5.78. The van der Waals surface area contributed by atoms with Crippen LogP contribution in [0.4, 0.5) is 0 Å². The van der Waals surface area contributed by atoms with Crippen molar-refractivity contribution in [3.8, 4) is 5.75 Å². The maximum absolute atomic E-state index is 12.0. The summed E-state index contributed by atoms with van der Waals surface area (Å²) in [6, 6.07) is 7.82. The minimum Gasteiger partial charge on any atom is -0.497 e. The zero-order valence-corrected chi connectivity index (χ0v) is 14.0. The Balaban J connectivity index is 1.75. The summed E-state index contributed by atoms with van der Waals surface area (Å²) in [5.41, 5.74) is 0.947. The Kier molecular flexibility index (Phi) is 6.44. The van der Waals surface area contributed by atoms with Crippen molar-refractivity contribution in [2.24, 2.45) is 0 Å². The molecule has 1 aliphatic carbocycles. The first-order chi connectivity index (χ1) is 11.1. The molecule has 0 unspecified atom stereocenters. The average molecular weight is 318 g/mol. The third kappa shape index (κ3) is 5.27. The van der Waals surface area contributed by atoms with Crippen LogP contribution in [-0.2, 0) is 16.0 Å². The van der Waals surface area contributed by atoms with Crippen LogP contribution < -0.4 is 10.1 Å². The summed E-state index contributed by atoms with van der Waals surface area (Å²) in [7, 11) is 1.62. The molecular weight excluding hydrogens is 292 g/mol. The molecule has 0 atom stereocenters. The number of methoxy groups -OCH3 is 1. The fraction of sp³-hybridized carbons (Fsp3) is 0.556. The molecule has 5 heteroatoms. The molecule has 126 valence electrons. The second kappa shape index (κ2) is 8.56. The van der Waals surface area contributed by atoms with Crippen molar-refractivity contribution in [2.75, 3.05) is 20.2 Å². The van der Waals surface area contributed by atoms with E-state index in [1.807, 2.05) is 29.2 Å². The minimum absolute atomic E-state index is 0.0231. The molecule has 0 aromatic heterocycles. The van der Waals surface area contributed by atoms with Gasteiger partial charge in [-0.2, -0.15) is 0 Å². The van der Waals surface area contributed by atoms with Crippen LogP contribution in [0.3, 0.4) is 0 Å². The summed E-state index contributed by atoms with van der Waals surface area (Å²) in [6.45, 7) is 2.71. The van der Waals surface area contributed by atoms with Crippen molar-refractivity contribution in [3.63, 3.8) is 0 Å². The molecule has 2 rings (SSSR count). The number of hydrogen-bond donors (Lipinski definition) is 1. The van der Waals surface area contributed by atoms with Gasteiger partial charge in [-0.25, -0.2) is 0 Å². The number of benzene rings is 1. The molecular formula is C18H26N2O3. The number of carbonyl (C=O) groups is 2. The van der Waals surface area contributed by atoms with E-state index in [0.717, 1.165) is 24.2 Å². The molecule has 1 fully saturated rings. The van der Waals surface area contributed by atoms with Gasteiger partial charge in [-0.15, -0.1) is 0 Å². The molecule has 1 saturated carbocycles. The molecule has 0 radical (unpaired) electrons. The zero-order valence-electron chi connectivity index (χ0n) is 14.0. The van der Waals surface area contributed by atoms with Crippen LogP contribution in [0.2, 0.25) is 0 Å². The molecule has 1 N–H and O–H groups in total. The number of nitrogens with one attached hydrogen (secondary N) is 1. The topological polar surface area (TPSA) is 58.6 Å². The molecule has 0 aliphatic heterocycles. The Hall–Kier alpha value is -2.04. The van der Waals surface area contributed by atoms with Gasteiger partial charge in [-0.3, -0.25) is 9.59 Å². The predicted molar refractivity (Wildman–Crippen MR) is 89.4 cm³/mol. The van der Waals surface area contributed by atoms with Gasteiger partial charge in [0.05, 0.1) is 13.5 Å². The van der Waals surface area contributed by atoms with Gasteiger partial charge in [-0.05, 0) is 30.5 Å². The van der Waals surface area contributed by atoms with Gasteiger partial charge in [0.15, 0.2) is 0 Å². The van der Waals surface area contributed by atoms with E-state index in [-0.39, 0.29) is 11.8 Å². The Bertz CT molecular complexity index is 522. The molecule has 5 nitrogen and oxygen atoms in total. The van der Waals surface area contributed by atoms with Crippen LogP contribution in [0.1, 0.15) is 38.2 Å². The van der Waals surface area contributed by atoms with Crippen LogP contribution in [0, 0.1) is 0 Å². The molecule has 1 aliphatic rings. The van der Waals surface area contributed by atoms with Crippen LogP contribution in [0.25, 0.3) is 0 Å². The normalized spacial score (nSPS) is 14.5. The van der Waals surface area contributed by atoms with Crippen molar-refractivity contribution < 1.29 is 14.3 Å². The summed E-state index contributed by atoms with van der Waals surface area (Å²) in [5.74, 6) is 0.856. The van der Waals surface area contributed by atoms with Gasteiger partial charge >= 0.3 is 0 Å². The number of carbonyl (C=O) groups excluding carboxylic acids is 2. The SMILES string of the molecule is COc1ccc(CC(=O)NCCN(C(C)=O)C2CCCC2)cc1. The van der Waals surface area contributed by atoms with E-state index < -0.39 is 0 Å². The van der Waals surface area contributed by atoms with E-state index in [1.165, 1.54) is 12.8 Å². The van der Waals surface area contributed by atoms with Gasteiger partial charge in [0, 0.05) is 26.1 Å². The summed E-state index contributed by atoms with van der Waals surface area (Å²) < 4.78 is 5.10. The Morgan fingerprint density at radius 3 is 2.43 bits per heavy atom. The maximum atomic E-state index is 12.0. The molecule has 0 bridgehead atoms. The molecule has 23 heavy (non-hydrogen) atoms. The van der Waals surface area contributed by atoms with Crippen molar-refractivity contribution in [3.05, 3.63) is 29.8 Å². The first-order valence-corrected chi connectivity index (χ1v) is 8.27. The summed E-state index contributed by atoms with van der Waals surface area (Å²) in [5, 5.41) is 2.90. The summed E-state index contributed by atoms with van der Waals surface area (Å²) >= 11 is 0. The average Bonchev–Trinajstić information content (AvgIpc) is 3.06. The van der Waals surface area contributed by atoms with E-state index in [2.05, 4.69) is 5.32 Å². The quantitative estimate of drug-likeness (QED) is 0.838. The van der Waals surface area contributed by atoms with Crippen molar-refractivity contribution in [1.82, 2.24) is 10.2 Å². The Morgan fingerprint density at radius 1 is 1.22 bits per heavy atom. The highest BCUT2D eigenvalue weighted by Gasteiger charge is 2.24. The lowest BCUT2D eigenvalue weighted by Gasteiger charge is -2.27. The third-order valence-electron chi connectivity index (χ3n) is 4.37. The highest BCUT2D eigenvalue weighted by atomic mass is 16.5. The number of amides is 2. The second-order valence-corrected chi connectivity index (χ2v) is 6.03.